The van der Waals surface area contributed by atoms with Gasteiger partial charge in [0.2, 0.25) is 0 Å². The van der Waals surface area contributed by atoms with Gasteiger partial charge in [0.05, 0.1) is 0 Å². The van der Waals surface area contributed by atoms with Crippen LogP contribution in [0.2, 0.25) is 0 Å². The third-order valence-corrected chi connectivity index (χ3v) is 5.84. The first-order valence-electron chi connectivity index (χ1n) is 8.92. The Labute approximate surface area is 139 Å². The first-order chi connectivity index (χ1) is 10.7. The number of fused-ring (bicyclic) bond motifs is 1. The molecular weight excluding hydrogens is 288 g/mol. The second kappa shape index (κ2) is 6.70. The summed E-state index contributed by atoms with van der Waals surface area (Å²) in [5.41, 5.74) is 0.493. The van der Waals surface area contributed by atoms with E-state index < -0.39 is 5.41 Å². The first-order valence-corrected chi connectivity index (χ1v) is 8.92. The molecule has 0 aromatic rings. The average molecular weight is 318 g/mol. The van der Waals surface area contributed by atoms with Crippen LogP contribution in [0, 0.1) is 29.1 Å². The minimum atomic E-state index is -0.619. The van der Waals surface area contributed by atoms with Gasteiger partial charge in [-0.3, -0.25) is 14.4 Å². The number of rotatable bonds is 5. The Morgan fingerprint density at radius 3 is 2.52 bits per heavy atom. The van der Waals surface area contributed by atoms with E-state index >= 15 is 0 Å². The van der Waals surface area contributed by atoms with Crippen LogP contribution in [0.5, 0.6) is 0 Å². The lowest BCUT2D eigenvalue weighted by Gasteiger charge is -2.35. The molecule has 2 rings (SSSR count). The van der Waals surface area contributed by atoms with Crippen LogP contribution in [0.4, 0.5) is 0 Å². The molecule has 2 aliphatic carbocycles. The van der Waals surface area contributed by atoms with Crippen molar-refractivity contribution in [1.82, 2.24) is 0 Å². The monoisotopic (exact) mass is 318 g/mol. The van der Waals surface area contributed by atoms with Crippen molar-refractivity contribution in [1.29, 1.82) is 0 Å². The highest BCUT2D eigenvalue weighted by molar-refractivity contribution is 6.02. The Hall–Kier alpha value is -1.25. The number of hydrogen-bond donors (Lipinski definition) is 0. The quantitative estimate of drug-likeness (QED) is 0.765. The van der Waals surface area contributed by atoms with E-state index in [1.165, 1.54) is 0 Å². The van der Waals surface area contributed by atoms with Gasteiger partial charge in [-0.15, -0.1) is 0 Å². The Morgan fingerprint density at radius 2 is 1.91 bits per heavy atom. The van der Waals surface area contributed by atoms with Gasteiger partial charge in [-0.2, -0.15) is 0 Å². The van der Waals surface area contributed by atoms with Crippen LogP contribution in [0.3, 0.4) is 0 Å². The molecule has 128 valence electrons. The summed E-state index contributed by atoms with van der Waals surface area (Å²) >= 11 is 0. The summed E-state index contributed by atoms with van der Waals surface area (Å²) < 4.78 is 0. The van der Waals surface area contributed by atoms with E-state index in [2.05, 4.69) is 0 Å². The molecule has 1 fully saturated rings. The van der Waals surface area contributed by atoms with Gasteiger partial charge in [0.1, 0.15) is 11.6 Å². The van der Waals surface area contributed by atoms with Crippen LogP contribution in [0.1, 0.15) is 66.7 Å². The molecule has 0 aromatic carbocycles. The van der Waals surface area contributed by atoms with Gasteiger partial charge in [-0.25, -0.2) is 0 Å². The Kier molecular flexibility index (Phi) is 5.27. The van der Waals surface area contributed by atoms with Gasteiger partial charge in [-0.1, -0.05) is 33.3 Å². The standard InChI is InChI=1S/C20H30O3/c1-12(2)8-16(21)10-14(4)19-17(22)11-15-7-6-13(3)9-18(23)20(15,19)5/h9,12,14-15,19H,6-8,10-11H2,1-5H3/t14?,15-,19?,20-/m1/s1. The zero-order chi connectivity index (χ0) is 17.4. The van der Waals surface area contributed by atoms with Gasteiger partial charge in [0.15, 0.2) is 5.78 Å². The molecule has 0 heterocycles. The van der Waals surface area contributed by atoms with Gasteiger partial charge >= 0.3 is 0 Å². The maximum atomic E-state index is 12.8. The second-order valence-electron chi connectivity index (χ2n) is 8.34. The SMILES string of the molecule is CC1=CC(=O)[C@]2(C)C(C(C)CC(=O)CC(C)C)C(=O)C[C@H]2CC1. The van der Waals surface area contributed by atoms with E-state index in [1.54, 1.807) is 6.08 Å². The molecule has 0 radical (unpaired) electrons. The normalized spacial score (nSPS) is 32.5. The summed E-state index contributed by atoms with van der Waals surface area (Å²) in [6.07, 6.45) is 5.00. The molecule has 0 saturated heterocycles. The Bertz CT molecular complexity index is 543. The zero-order valence-corrected chi connectivity index (χ0v) is 15.1. The van der Waals surface area contributed by atoms with Crippen molar-refractivity contribution in [3.63, 3.8) is 0 Å². The van der Waals surface area contributed by atoms with Crippen molar-refractivity contribution in [2.24, 2.45) is 29.1 Å². The molecule has 2 aliphatic rings. The second-order valence-corrected chi connectivity index (χ2v) is 8.34. The first kappa shape index (κ1) is 18.1. The van der Waals surface area contributed by atoms with Crippen molar-refractivity contribution < 1.29 is 14.4 Å². The topological polar surface area (TPSA) is 51.2 Å². The van der Waals surface area contributed by atoms with E-state index in [0.717, 1.165) is 18.4 Å². The maximum absolute atomic E-state index is 12.8. The molecule has 0 bridgehead atoms. The fourth-order valence-electron chi connectivity index (χ4n) is 4.70. The van der Waals surface area contributed by atoms with Crippen LogP contribution in [-0.4, -0.2) is 17.3 Å². The maximum Gasteiger partial charge on any atom is 0.162 e. The highest BCUT2D eigenvalue weighted by Gasteiger charge is 2.57. The summed E-state index contributed by atoms with van der Waals surface area (Å²) in [5, 5.41) is 0. The number of ketones is 3. The number of carbonyl (C=O) groups is 3. The van der Waals surface area contributed by atoms with Crippen molar-refractivity contribution in [3.05, 3.63) is 11.6 Å². The molecule has 0 spiro atoms. The third-order valence-electron chi connectivity index (χ3n) is 5.84. The summed E-state index contributed by atoms with van der Waals surface area (Å²) in [6, 6.07) is 0. The molecule has 1 saturated carbocycles. The van der Waals surface area contributed by atoms with Gasteiger partial charge in [-0.05, 0) is 43.6 Å². The summed E-state index contributed by atoms with van der Waals surface area (Å²) in [6.45, 7) is 10.00. The minimum absolute atomic E-state index is 0.0560. The van der Waals surface area contributed by atoms with Crippen LogP contribution in [0.15, 0.2) is 11.6 Å². The fraction of sp³-hybridized carbons (Fsp3) is 0.750. The highest BCUT2D eigenvalue weighted by atomic mass is 16.1. The van der Waals surface area contributed by atoms with Crippen molar-refractivity contribution >= 4 is 17.3 Å². The van der Waals surface area contributed by atoms with Crippen LogP contribution >= 0.6 is 0 Å². The van der Waals surface area contributed by atoms with E-state index in [0.29, 0.717) is 25.2 Å². The molecule has 23 heavy (non-hydrogen) atoms. The highest BCUT2D eigenvalue weighted by Crippen LogP contribution is 2.53. The van der Waals surface area contributed by atoms with Gasteiger partial charge in [0.25, 0.3) is 0 Å². The number of Topliss-reactive ketones (excluding diaryl/α,β-unsaturated/α-hetero) is 2. The largest absolute Gasteiger partial charge is 0.300 e. The molecule has 2 unspecified atom stereocenters. The summed E-state index contributed by atoms with van der Waals surface area (Å²) in [4.78, 5) is 37.7. The van der Waals surface area contributed by atoms with Crippen LogP contribution in [0.25, 0.3) is 0 Å². The Morgan fingerprint density at radius 1 is 1.26 bits per heavy atom. The van der Waals surface area contributed by atoms with Crippen molar-refractivity contribution in [2.45, 2.75) is 66.7 Å². The van der Waals surface area contributed by atoms with Gasteiger partial charge in [0, 0.05) is 30.6 Å². The molecule has 4 atom stereocenters. The van der Waals surface area contributed by atoms with E-state index in [4.69, 9.17) is 0 Å². The lowest BCUT2D eigenvalue weighted by molar-refractivity contribution is -0.135. The zero-order valence-electron chi connectivity index (χ0n) is 15.1. The fourth-order valence-corrected chi connectivity index (χ4v) is 4.70. The van der Waals surface area contributed by atoms with E-state index in [-0.39, 0.29) is 35.1 Å². The van der Waals surface area contributed by atoms with E-state index in [1.807, 2.05) is 34.6 Å². The number of allylic oxidation sites excluding steroid dienone is 2. The van der Waals surface area contributed by atoms with E-state index in [9.17, 15) is 14.4 Å². The third kappa shape index (κ3) is 3.49. The molecule has 0 N–H and O–H groups in total. The Balaban J connectivity index is 2.24. The predicted octanol–water partition coefficient (Wildman–Crippen LogP) is 4.15. The summed E-state index contributed by atoms with van der Waals surface area (Å²) in [7, 11) is 0. The number of carbonyl (C=O) groups excluding carboxylic acids is 3. The minimum Gasteiger partial charge on any atom is -0.300 e. The van der Waals surface area contributed by atoms with Crippen LogP contribution < -0.4 is 0 Å². The molecule has 0 aromatic heterocycles. The summed E-state index contributed by atoms with van der Waals surface area (Å²) in [5.74, 6) is 0.587. The van der Waals surface area contributed by atoms with Crippen LogP contribution in [-0.2, 0) is 14.4 Å². The van der Waals surface area contributed by atoms with Crippen molar-refractivity contribution in [3.8, 4) is 0 Å². The molecule has 3 heteroatoms. The molecule has 3 nitrogen and oxygen atoms in total. The lowest BCUT2D eigenvalue weighted by Crippen LogP contribution is -2.41. The van der Waals surface area contributed by atoms with Crippen molar-refractivity contribution in [2.75, 3.05) is 0 Å². The number of hydrogen-bond acceptors (Lipinski definition) is 3. The predicted molar refractivity (Wildman–Crippen MR) is 91.0 cm³/mol. The van der Waals surface area contributed by atoms with Gasteiger partial charge < -0.3 is 0 Å². The smallest absolute Gasteiger partial charge is 0.162 e. The average Bonchev–Trinajstić information content (AvgIpc) is 2.61. The molecule has 0 aliphatic heterocycles. The molecule has 0 amide bonds. The lowest BCUT2D eigenvalue weighted by atomic mass is 9.65. The molecular formula is C20H30O3.